The highest BCUT2D eigenvalue weighted by atomic mass is 32.2. The molecule has 24 heavy (non-hydrogen) atoms. The van der Waals surface area contributed by atoms with Gasteiger partial charge in [0.25, 0.3) is 0 Å². The van der Waals surface area contributed by atoms with Crippen LogP contribution in [0, 0.1) is 13.8 Å². The predicted octanol–water partition coefficient (Wildman–Crippen LogP) is 2.39. The summed E-state index contributed by atoms with van der Waals surface area (Å²) in [5, 5.41) is 3.29. The Balaban J connectivity index is 1.84. The van der Waals surface area contributed by atoms with Crippen molar-refractivity contribution in [3.8, 4) is 5.75 Å². The Morgan fingerprint density at radius 2 is 1.88 bits per heavy atom. The van der Waals surface area contributed by atoms with Crippen molar-refractivity contribution in [1.29, 1.82) is 0 Å². The first-order chi connectivity index (χ1) is 11.4. The minimum atomic E-state index is -3.65. The van der Waals surface area contributed by atoms with Crippen LogP contribution in [0.25, 0.3) is 0 Å². The summed E-state index contributed by atoms with van der Waals surface area (Å²) in [6, 6.07) is 9.62. The molecule has 2 N–H and O–H groups in total. The Hall–Kier alpha value is -1.89. The van der Waals surface area contributed by atoms with Gasteiger partial charge in [-0.15, -0.1) is 0 Å². The number of fused-ring (bicyclic) bond motifs is 1. The summed E-state index contributed by atoms with van der Waals surface area (Å²) in [5.74, 6) is 0.395. The van der Waals surface area contributed by atoms with E-state index in [4.69, 9.17) is 4.74 Å². The monoisotopic (exact) mass is 346 g/mol. The zero-order chi connectivity index (χ0) is 17.3. The Kier molecular flexibility index (Phi) is 4.62. The van der Waals surface area contributed by atoms with Crippen LogP contribution >= 0.6 is 0 Å². The molecule has 6 heteroatoms. The van der Waals surface area contributed by atoms with E-state index in [0.717, 1.165) is 29.8 Å². The van der Waals surface area contributed by atoms with Gasteiger partial charge in [-0.1, -0.05) is 24.3 Å². The van der Waals surface area contributed by atoms with Gasteiger partial charge >= 0.3 is 0 Å². The van der Waals surface area contributed by atoms with E-state index in [-0.39, 0.29) is 11.4 Å². The lowest BCUT2D eigenvalue weighted by molar-refractivity contribution is 0.399. The topological polar surface area (TPSA) is 67.4 Å². The van der Waals surface area contributed by atoms with E-state index in [1.54, 1.807) is 6.07 Å². The summed E-state index contributed by atoms with van der Waals surface area (Å²) < 4.78 is 33.4. The van der Waals surface area contributed by atoms with Crippen molar-refractivity contribution in [3.63, 3.8) is 0 Å². The molecule has 0 amide bonds. The number of methoxy groups -OCH3 is 1. The second-order valence-electron chi connectivity index (χ2n) is 6.14. The van der Waals surface area contributed by atoms with Gasteiger partial charge < -0.3 is 10.1 Å². The Morgan fingerprint density at radius 1 is 1.12 bits per heavy atom. The Morgan fingerprint density at radius 3 is 2.62 bits per heavy atom. The minimum absolute atomic E-state index is 0.185. The van der Waals surface area contributed by atoms with Crippen molar-refractivity contribution < 1.29 is 13.2 Å². The average molecular weight is 346 g/mol. The van der Waals surface area contributed by atoms with Gasteiger partial charge in [-0.05, 0) is 47.7 Å². The number of hydrogen-bond acceptors (Lipinski definition) is 4. The van der Waals surface area contributed by atoms with Crippen LogP contribution < -0.4 is 14.8 Å². The van der Waals surface area contributed by atoms with Gasteiger partial charge in [-0.3, -0.25) is 0 Å². The number of rotatable bonds is 5. The molecule has 5 nitrogen and oxygen atoms in total. The van der Waals surface area contributed by atoms with Gasteiger partial charge in [0.15, 0.2) is 0 Å². The van der Waals surface area contributed by atoms with Crippen LogP contribution in [-0.2, 0) is 29.7 Å². The molecule has 0 saturated carbocycles. The molecule has 2 aromatic carbocycles. The van der Waals surface area contributed by atoms with Gasteiger partial charge in [0.2, 0.25) is 10.0 Å². The molecular formula is C18H22N2O3S. The van der Waals surface area contributed by atoms with Gasteiger partial charge in [0.05, 0.1) is 7.11 Å². The molecular weight excluding hydrogens is 324 g/mol. The number of sulfonamides is 1. The summed E-state index contributed by atoms with van der Waals surface area (Å²) in [5.41, 5.74) is 5.15. The molecule has 2 aromatic rings. The summed E-state index contributed by atoms with van der Waals surface area (Å²) in [6.45, 7) is 5.69. The smallest absolute Gasteiger partial charge is 0.244 e. The molecule has 0 radical (unpaired) electrons. The fraction of sp³-hybridized carbons (Fsp3) is 0.333. The molecule has 0 unspecified atom stereocenters. The van der Waals surface area contributed by atoms with Crippen molar-refractivity contribution in [1.82, 2.24) is 10.0 Å². The molecule has 0 aromatic heterocycles. The fourth-order valence-corrected chi connectivity index (χ4v) is 4.43. The molecule has 0 atom stereocenters. The largest absolute Gasteiger partial charge is 0.495 e. The van der Waals surface area contributed by atoms with E-state index in [0.29, 0.717) is 5.75 Å². The normalized spacial score (nSPS) is 13.8. The van der Waals surface area contributed by atoms with Crippen LogP contribution in [-0.4, -0.2) is 15.5 Å². The van der Waals surface area contributed by atoms with Crippen LogP contribution in [0.1, 0.15) is 27.8 Å². The summed E-state index contributed by atoms with van der Waals surface area (Å²) in [6.07, 6.45) is 0. The molecule has 1 aliphatic heterocycles. The standard InChI is InChI=1S/C18H22N2O3S/c1-12-6-13(2)18(23-3)17(7-12)24(21,22)20-9-14-4-5-15-10-19-11-16(15)8-14/h4-8,19-20H,9-11H2,1-3H3. The van der Waals surface area contributed by atoms with E-state index >= 15 is 0 Å². The molecule has 3 rings (SSSR count). The zero-order valence-corrected chi connectivity index (χ0v) is 15.0. The lowest BCUT2D eigenvalue weighted by Crippen LogP contribution is -2.24. The quantitative estimate of drug-likeness (QED) is 0.872. The summed E-state index contributed by atoms with van der Waals surface area (Å²) >= 11 is 0. The van der Waals surface area contributed by atoms with Crippen molar-refractivity contribution >= 4 is 10.0 Å². The van der Waals surface area contributed by atoms with E-state index in [1.165, 1.54) is 18.2 Å². The molecule has 128 valence electrons. The number of benzene rings is 2. The first-order valence-electron chi connectivity index (χ1n) is 7.87. The summed E-state index contributed by atoms with van der Waals surface area (Å²) in [4.78, 5) is 0.185. The number of aryl methyl sites for hydroxylation is 2. The SMILES string of the molecule is COc1c(C)cc(C)cc1S(=O)(=O)NCc1ccc2c(c1)CNC2. The molecule has 1 heterocycles. The van der Waals surface area contributed by atoms with Gasteiger partial charge in [-0.25, -0.2) is 13.1 Å². The highest BCUT2D eigenvalue weighted by molar-refractivity contribution is 7.89. The first kappa shape index (κ1) is 17.0. The Bertz CT molecular complexity index is 876. The van der Waals surface area contributed by atoms with Crippen molar-refractivity contribution in [3.05, 3.63) is 58.1 Å². The van der Waals surface area contributed by atoms with Crippen LogP contribution in [0.5, 0.6) is 5.75 Å². The molecule has 0 saturated heterocycles. The van der Waals surface area contributed by atoms with Gasteiger partial charge in [-0.2, -0.15) is 0 Å². The lowest BCUT2D eigenvalue weighted by atomic mass is 10.1. The highest BCUT2D eigenvalue weighted by Gasteiger charge is 2.21. The number of hydrogen-bond donors (Lipinski definition) is 2. The lowest BCUT2D eigenvalue weighted by Gasteiger charge is -2.14. The maximum Gasteiger partial charge on any atom is 0.244 e. The third-order valence-electron chi connectivity index (χ3n) is 4.25. The van der Waals surface area contributed by atoms with Crippen molar-refractivity contribution in [2.75, 3.05) is 7.11 Å². The van der Waals surface area contributed by atoms with Gasteiger partial charge in [0.1, 0.15) is 10.6 Å². The van der Waals surface area contributed by atoms with E-state index < -0.39 is 10.0 Å². The van der Waals surface area contributed by atoms with Crippen molar-refractivity contribution in [2.45, 2.75) is 38.4 Å². The van der Waals surface area contributed by atoms with Crippen LogP contribution in [0.3, 0.4) is 0 Å². The van der Waals surface area contributed by atoms with Crippen LogP contribution in [0.4, 0.5) is 0 Å². The maximum absolute atomic E-state index is 12.7. The van der Waals surface area contributed by atoms with Crippen LogP contribution in [0.15, 0.2) is 35.2 Å². The maximum atomic E-state index is 12.7. The van der Waals surface area contributed by atoms with E-state index in [2.05, 4.69) is 22.2 Å². The molecule has 0 bridgehead atoms. The second kappa shape index (κ2) is 6.55. The molecule has 0 spiro atoms. The summed E-state index contributed by atoms with van der Waals surface area (Å²) in [7, 11) is -2.16. The molecule has 0 aliphatic carbocycles. The molecule has 0 fully saturated rings. The Labute approximate surface area is 143 Å². The molecule has 1 aliphatic rings. The van der Waals surface area contributed by atoms with Gasteiger partial charge in [0, 0.05) is 19.6 Å². The average Bonchev–Trinajstić information content (AvgIpc) is 3.00. The van der Waals surface area contributed by atoms with Crippen LogP contribution in [0.2, 0.25) is 0 Å². The number of ether oxygens (including phenoxy) is 1. The third kappa shape index (κ3) is 3.31. The third-order valence-corrected chi connectivity index (χ3v) is 5.65. The highest BCUT2D eigenvalue weighted by Crippen LogP contribution is 2.29. The zero-order valence-electron chi connectivity index (χ0n) is 14.1. The van der Waals surface area contributed by atoms with E-state index in [9.17, 15) is 8.42 Å². The fourth-order valence-electron chi connectivity index (χ4n) is 3.09. The van der Waals surface area contributed by atoms with E-state index in [1.807, 2.05) is 26.0 Å². The first-order valence-corrected chi connectivity index (χ1v) is 9.35. The minimum Gasteiger partial charge on any atom is -0.495 e. The number of nitrogens with one attached hydrogen (secondary N) is 2. The predicted molar refractivity (Wildman–Crippen MR) is 93.5 cm³/mol. The van der Waals surface area contributed by atoms with Crippen molar-refractivity contribution in [2.24, 2.45) is 0 Å². The second-order valence-corrected chi connectivity index (χ2v) is 7.88.